The van der Waals surface area contributed by atoms with Gasteiger partial charge in [-0.05, 0) is 0 Å². The Morgan fingerprint density at radius 1 is 1.73 bits per heavy atom. The van der Waals surface area contributed by atoms with E-state index in [0.29, 0.717) is 0 Å². The molecule has 0 unspecified atom stereocenters. The van der Waals surface area contributed by atoms with Gasteiger partial charge in [0.15, 0.2) is 5.01 Å². The van der Waals surface area contributed by atoms with Crippen LogP contribution >= 0.6 is 11.3 Å². The van der Waals surface area contributed by atoms with Crippen molar-refractivity contribution in [2.45, 2.75) is 6.43 Å². The van der Waals surface area contributed by atoms with Crippen molar-refractivity contribution in [3.63, 3.8) is 0 Å². The van der Waals surface area contributed by atoms with Crippen LogP contribution in [0, 0.1) is 0 Å². The van der Waals surface area contributed by atoms with Gasteiger partial charge in [0, 0.05) is 5.38 Å². The molecule has 1 aromatic rings. The van der Waals surface area contributed by atoms with Crippen molar-refractivity contribution in [3.8, 4) is 0 Å². The summed E-state index contributed by atoms with van der Waals surface area (Å²) in [6.45, 7) is 0. The molecule has 0 aliphatic rings. The zero-order valence-electron chi connectivity index (χ0n) is 5.25. The molecule has 0 spiro atoms. The van der Waals surface area contributed by atoms with Crippen molar-refractivity contribution in [2.24, 2.45) is 5.73 Å². The van der Waals surface area contributed by atoms with Gasteiger partial charge in [-0.15, -0.1) is 11.3 Å². The normalized spacial score (nSPS) is 10.5. The summed E-state index contributed by atoms with van der Waals surface area (Å²) in [4.78, 5) is 13.7. The summed E-state index contributed by atoms with van der Waals surface area (Å²) in [6.07, 6.45) is -2.64. The number of nitrogens with two attached hydrogens (primary N) is 1. The van der Waals surface area contributed by atoms with Gasteiger partial charge in [-0.1, -0.05) is 0 Å². The van der Waals surface area contributed by atoms with E-state index in [1.54, 1.807) is 0 Å². The molecule has 0 fully saturated rings. The molecule has 1 amide bonds. The van der Waals surface area contributed by atoms with E-state index < -0.39 is 18.0 Å². The first-order chi connectivity index (χ1) is 5.11. The minimum Gasteiger partial charge on any atom is -0.364 e. The lowest BCUT2D eigenvalue weighted by atomic mass is 10.5. The summed E-state index contributed by atoms with van der Waals surface area (Å²) >= 11 is 0.820. The van der Waals surface area contributed by atoms with E-state index in [1.165, 1.54) is 0 Å². The summed E-state index contributed by atoms with van der Waals surface area (Å²) in [7, 11) is 0. The number of aromatic nitrogens is 1. The molecule has 1 heterocycles. The molecule has 0 aliphatic heterocycles. The summed E-state index contributed by atoms with van der Waals surface area (Å²) in [6, 6.07) is 0. The van der Waals surface area contributed by atoms with Crippen LogP contribution in [0.5, 0.6) is 0 Å². The number of hydrogen-bond donors (Lipinski definition) is 1. The topological polar surface area (TPSA) is 56.0 Å². The predicted octanol–water partition coefficient (Wildman–Crippen LogP) is 1.18. The molecule has 0 bridgehead atoms. The molecule has 6 heteroatoms. The number of alkyl halides is 2. The highest BCUT2D eigenvalue weighted by Crippen LogP contribution is 2.20. The quantitative estimate of drug-likeness (QED) is 0.739. The number of rotatable bonds is 2. The number of halogens is 2. The Bertz CT molecular complexity index is 273. The van der Waals surface area contributed by atoms with E-state index >= 15 is 0 Å². The van der Waals surface area contributed by atoms with Gasteiger partial charge in [-0.2, -0.15) is 0 Å². The Balaban J connectivity index is 2.90. The Labute approximate surface area is 64.9 Å². The summed E-state index contributed by atoms with van der Waals surface area (Å²) < 4.78 is 23.7. The van der Waals surface area contributed by atoms with E-state index in [2.05, 4.69) is 4.98 Å². The fraction of sp³-hybridized carbons (Fsp3) is 0.200. The van der Waals surface area contributed by atoms with Crippen LogP contribution in [0.4, 0.5) is 8.78 Å². The zero-order valence-corrected chi connectivity index (χ0v) is 6.07. The monoisotopic (exact) mass is 178 g/mol. The molecule has 60 valence electrons. The van der Waals surface area contributed by atoms with Crippen LogP contribution in [0.15, 0.2) is 5.38 Å². The molecular formula is C5H4F2N2OS. The maximum absolute atomic E-state index is 11.8. The van der Waals surface area contributed by atoms with Gasteiger partial charge < -0.3 is 5.73 Å². The highest BCUT2D eigenvalue weighted by atomic mass is 32.1. The van der Waals surface area contributed by atoms with Gasteiger partial charge in [0.25, 0.3) is 12.3 Å². The van der Waals surface area contributed by atoms with Gasteiger partial charge in [0.2, 0.25) is 0 Å². The number of thiazole rings is 1. The molecule has 0 aromatic carbocycles. The fourth-order valence-corrected chi connectivity index (χ4v) is 1.16. The minimum atomic E-state index is -2.64. The highest BCUT2D eigenvalue weighted by Gasteiger charge is 2.13. The SMILES string of the molecule is NC(=O)c1nc(C(F)F)cs1. The average molecular weight is 178 g/mol. The van der Waals surface area contributed by atoms with Gasteiger partial charge in [0.05, 0.1) is 0 Å². The maximum Gasteiger partial charge on any atom is 0.281 e. The van der Waals surface area contributed by atoms with E-state index in [0.717, 1.165) is 16.7 Å². The molecule has 0 saturated carbocycles. The molecule has 0 aliphatic carbocycles. The number of amides is 1. The highest BCUT2D eigenvalue weighted by molar-refractivity contribution is 7.11. The first kappa shape index (κ1) is 8.06. The van der Waals surface area contributed by atoms with Crippen LogP contribution in [0.1, 0.15) is 21.9 Å². The number of carbonyl (C=O) groups excluding carboxylic acids is 1. The second-order valence-electron chi connectivity index (χ2n) is 1.74. The molecule has 2 N–H and O–H groups in total. The molecule has 0 saturated heterocycles. The number of primary amides is 1. The third-order valence-corrected chi connectivity index (χ3v) is 1.83. The predicted molar refractivity (Wildman–Crippen MR) is 35.6 cm³/mol. The lowest BCUT2D eigenvalue weighted by molar-refractivity contribution is 0.0998. The summed E-state index contributed by atoms with van der Waals surface area (Å²) in [5.41, 5.74) is 4.39. The van der Waals surface area contributed by atoms with Crippen molar-refractivity contribution in [2.75, 3.05) is 0 Å². The molecule has 1 rings (SSSR count). The van der Waals surface area contributed by atoms with Crippen LogP contribution < -0.4 is 5.73 Å². The van der Waals surface area contributed by atoms with Crippen LogP contribution in [0.3, 0.4) is 0 Å². The Morgan fingerprint density at radius 3 is 2.64 bits per heavy atom. The molecule has 0 atom stereocenters. The maximum atomic E-state index is 11.8. The van der Waals surface area contributed by atoms with E-state index in [9.17, 15) is 13.6 Å². The first-order valence-corrected chi connectivity index (χ1v) is 3.52. The first-order valence-electron chi connectivity index (χ1n) is 2.64. The van der Waals surface area contributed by atoms with Crippen molar-refractivity contribution < 1.29 is 13.6 Å². The van der Waals surface area contributed by atoms with Gasteiger partial charge in [-0.25, -0.2) is 13.8 Å². The summed E-state index contributed by atoms with van der Waals surface area (Å²) in [5.74, 6) is -0.776. The van der Waals surface area contributed by atoms with E-state index in [4.69, 9.17) is 5.73 Å². The van der Waals surface area contributed by atoms with Crippen LogP contribution in [-0.4, -0.2) is 10.9 Å². The van der Waals surface area contributed by atoms with E-state index in [-0.39, 0.29) is 5.01 Å². The van der Waals surface area contributed by atoms with Gasteiger partial charge in [0.1, 0.15) is 5.69 Å². The molecule has 3 nitrogen and oxygen atoms in total. The Morgan fingerprint density at radius 2 is 2.36 bits per heavy atom. The smallest absolute Gasteiger partial charge is 0.281 e. The van der Waals surface area contributed by atoms with Crippen molar-refractivity contribution >= 4 is 17.2 Å². The lowest BCUT2D eigenvalue weighted by Crippen LogP contribution is -2.10. The molecular weight excluding hydrogens is 174 g/mol. The van der Waals surface area contributed by atoms with Crippen LogP contribution in [0.2, 0.25) is 0 Å². The lowest BCUT2D eigenvalue weighted by Gasteiger charge is -1.88. The number of hydrogen-bond acceptors (Lipinski definition) is 3. The van der Waals surface area contributed by atoms with Crippen LogP contribution in [-0.2, 0) is 0 Å². The number of nitrogens with zero attached hydrogens (tertiary/aromatic N) is 1. The zero-order chi connectivity index (χ0) is 8.43. The third kappa shape index (κ3) is 1.70. The van der Waals surface area contributed by atoms with Crippen molar-refractivity contribution in [1.82, 2.24) is 4.98 Å². The second-order valence-corrected chi connectivity index (χ2v) is 2.60. The van der Waals surface area contributed by atoms with Gasteiger partial charge in [-0.3, -0.25) is 4.79 Å². The van der Waals surface area contributed by atoms with E-state index in [1.807, 2.05) is 0 Å². The summed E-state index contributed by atoms with van der Waals surface area (Å²) in [5, 5.41) is 1.03. The third-order valence-electron chi connectivity index (χ3n) is 0.956. The minimum absolute atomic E-state index is 0.0831. The average Bonchev–Trinajstić information content (AvgIpc) is 2.33. The Hall–Kier alpha value is -1.04. The van der Waals surface area contributed by atoms with Crippen molar-refractivity contribution in [3.05, 3.63) is 16.1 Å². The standard InChI is InChI=1S/C5H4F2N2OS/c6-3(7)2-1-11-5(9-2)4(8)10/h1,3H,(H2,8,10). The molecule has 0 radical (unpaired) electrons. The second kappa shape index (κ2) is 2.91. The molecule has 11 heavy (non-hydrogen) atoms. The number of carbonyl (C=O) groups is 1. The largest absolute Gasteiger partial charge is 0.364 e. The van der Waals surface area contributed by atoms with Crippen molar-refractivity contribution in [1.29, 1.82) is 0 Å². The van der Waals surface area contributed by atoms with Crippen LogP contribution in [0.25, 0.3) is 0 Å². The Kier molecular flexibility index (Phi) is 2.13. The van der Waals surface area contributed by atoms with Gasteiger partial charge >= 0.3 is 0 Å². The fourth-order valence-electron chi connectivity index (χ4n) is 0.500. The molecule has 1 aromatic heterocycles.